The maximum absolute atomic E-state index is 12.1. The molecule has 0 unspecified atom stereocenters. The van der Waals surface area contributed by atoms with Gasteiger partial charge in [0.25, 0.3) is 5.56 Å². The van der Waals surface area contributed by atoms with Gasteiger partial charge in [-0.3, -0.25) is 9.78 Å². The van der Waals surface area contributed by atoms with Gasteiger partial charge in [0.1, 0.15) is 12.0 Å². The second-order valence-electron chi connectivity index (χ2n) is 5.15. The van der Waals surface area contributed by atoms with Gasteiger partial charge in [-0.25, -0.2) is 4.98 Å². The lowest BCUT2D eigenvalue weighted by molar-refractivity contribution is 0.311. The summed E-state index contributed by atoms with van der Waals surface area (Å²) in [5, 5.41) is 3.89. The van der Waals surface area contributed by atoms with Crippen LogP contribution in [-0.4, -0.2) is 55.2 Å². The van der Waals surface area contributed by atoms with E-state index in [1.165, 1.54) is 0 Å². The van der Waals surface area contributed by atoms with E-state index in [4.69, 9.17) is 27.9 Å². The third kappa shape index (κ3) is 4.81. The quantitative estimate of drug-likeness (QED) is 0.528. The lowest BCUT2D eigenvalue weighted by Gasteiger charge is -2.13. The second kappa shape index (κ2) is 8.30. The van der Waals surface area contributed by atoms with Gasteiger partial charge in [-0.15, -0.1) is 0 Å². The van der Waals surface area contributed by atoms with E-state index >= 15 is 0 Å². The minimum absolute atomic E-state index is 0.0213. The number of aromatic amines is 1. The topological polar surface area (TPSA) is 70.2 Å². The highest BCUT2D eigenvalue weighted by molar-refractivity contribution is 9.10. The molecule has 126 valence electrons. The Hall–Kier alpha value is -0.860. The Morgan fingerprint density at radius 2 is 2.13 bits per heavy atom. The molecule has 0 aliphatic carbocycles. The molecule has 0 amide bonds. The summed E-state index contributed by atoms with van der Waals surface area (Å²) in [5.41, 5.74) is 0.0376. The highest BCUT2D eigenvalue weighted by Crippen LogP contribution is 2.37. The van der Waals surface area contributed by atoms with Crippen LogP contribution in [0.2, 0.25) is 10.3 Å². The summed E-state index contributed by atoms with van der Waals surface area (Å²) < 4.78 is 6.31. The molecule has 6 nitrogen and oxygen atoms in total. The molecule has 2 rings (SSSR count). The van der Waals surface area contributed by atoms with Gasteiger partial charge in [-0.1, -0.05) is 11.6 Å². The summed E-state index contributed by atoms with van der Waals surface area (Å²) >= 11 is 15.4. The molecule has 1 aromatic carbocycles. The molecule has 0 fully saturated rings. The highest BCUT2D eigenvalue weighted by Gasteiger charge is 2.16. The van der Waals surface area contributed by atoms with E-state index in [-0.39, 0.29) is 16.2 Å². The van der Waals surface area contributed by atoms with Crippen molar-refractivity contribution in [3.63, 3.8) is 0 Å². The molecule has 0 atom stereocenters. The van der Waals surface area contributed by atoms with E-state index in [1.807, 2.05) is 14.1 Å². The first-order chi connectivity index (χ1) is 10.9. The Labute approximate surface area is 152 Å². The molecule has 23 heavy (non-hydrogen) atoms. The van der Waals surface area contributed by atoms with Crippen molar-refractivity contribution in [2.75, 3.05) is 40.3 Å². The molecular formula is C14H17BrCl2N4O2. The Morgan fingerprint density at radius 3 is 2.83 bits per heavy atom. The summed E-state index contributed by atoms with van der Waals surface area (Å²) in [6, 6.07) is 1.64. The van der Waals surface area contributed by atoms with E-state index in [0.29, 0.717) is 33.9 Å². The molecule has 2 N–H and O–H groups in total. The second-order valence-corrected chi connectivity index (χ2v) is 6.74. The van der Waals surface area contributed by atoms with Gasteiger partial charge < -0.3 is 15.0 Å². The van der Waals surface area contributed by atoms with Crippen molar-refractivity contribution in [1.82, 2.24) is 20.2 Å². The summed E-state index contributed by atoms with van der Waals surface area (Å²) in [6.07, 6.45) is 0. The van der Waals surface area contributed by atoms with Crippen molar-refractivity contribution in [3.8, 4) is 5.75 Å². The molecule has 0 radical (unpaired) electrons. The number of rotatable bonds is 7. The number of ether oxygens (including phenoxy) is 1. The zero-order chi connectivity index (χ0) is 17.0. The van der Waals surface area contributed by atoms with E-state index in [9.17, 15) is 4.79 Å². The third-order valence-electron chi connectivity index (χ3n) is 3.08. The Bertz CT molecular complexity index is 752. The molecule has 0 spiro atoms. The summed E-state index contributed by atoms with van der Waals surface area (Å²) in [7, 11) is 4.02. The van der Waals surface area contributed by atoms with E-state index in [0.717, 1.165) is 13.1 Å². The average Bonchev–Trinajstić information content (AvgIpc) is 2.45. The van der Waals surface area contributed by atoms with Gasteiger partial charge in [0.2, 0.25) is 5.28 Å². The molecule has 0 aliphatic heterocycles. The molecule has 0 bridgehead atoms. The van der Waals surface area contributed by atoms with E-state index < -0.39 is 0 Å². The van der Waals surface area contributed by atoms with Gasteiger partial charge in [0, 0.05) is 24.1 Å². The van der Waals surface area contributed by atoms with Crippen molar-refractivity contribution >= 4 is 50.0 Å². The monoisotopic (exact) mass is 422 g/mol. The minimum Gasteiger partial charge on any atom is -0.490 e. The number of benzene rings is 1. The van der Waals surface area contributed by atoms with Crippen LogP contribution in [0.25, 0.3) is 10.9 Å². The number of aromatic nitrogens is 2. The zero-order valence-corrected chi connectivity index (χ0v) is 15.8. The number of halogens is 3. The van der Waals surface area contributed by atoms with Gasteiger partial charge in [-0.2, -0.15) is 0 Å². The van der Waals surface area contributed by atoms with Gasteiger partial charge in [0.05, 0.1) is 10.5 Å². The fraction of sp³-hybridized carbons (Fsp3) is 0.429. The number of nitrogens with one attached hydrogen (secondary N) is 2. The molecule has 1 aromatic heterocycles. The highest BCUT2D eigenvalue weighted by atomic mass is 79.9. The van der Waals surface area contributed by atoms with Crippen molar-refractivity contribution < 1.29 is 4.74 Å². The van der Waals surface area contributed by atoms with Gasteiger partial charge in [-0.05, 0) is 47.7 Å². The van der Waals surface area contributed by atoms with E-state index in [1.54, 1.807) is 6.07 Å². The van der Waals surface area contributed by atoms with Crippen LogP contribution in [0, 0.1) is 0 Å². The number of nitrogens with zero attached hydrogens (tertiary/aromatic N) is 2. The molecule has 0 saturated heterocycles. The maximum atomic E-state index is 12.1. The van der Waals surface area contributed by atoms with Crippen molar-refractivity contribution in [3.05, 3.63) is 31.2 Å². The molecule has 1 heterocycles. The van der Waals surface area contributed by atoms with Crippen LogP contribution in [0.4, 0.5) is 0 Å². The Balaban J connectivity index is 2.16. The van der Waals surface area contributed by atoms with Crippen LogP contribution < -0.4 is 15.6 Å². The fourth-order valence-electron chi connectivity index (χ4n) is 1.98. The van der Waals surface area contributed by atoms with Gasteiger partial charge in [0.15, 0.2) is 5.75 Å². The largest absolute Gasteiger partial charge is 0.490 e. The molecule has 0 aliphatic rings. The number of hydrogen-bond donors (Lipinski definition) is 2. The van der Waals surface area contributed by atoms with Crippen LogP contribution >= 0.6 is 39.1 Å². The summed E-state index contributed by atoms with van der Waals surface area (Å²) in [4.78, 5) is 20.8. The number of likely N-dealkylation sites (N-methyl/N-ethyl adjacent to an activating group) is 1. The first-order valence-electron chi connectivity index (χ1n) is 6.96. The molecular weight excluding hydrogens is 407 g/mol. The Morgan fingerprint density at radius 1 is 1.39 bits per heavy atom. The van der Waals surface area contributed by atoms with Gasteiger partial charge >= 0.3 is 0 Å². The first-order valence-corrected chi connectivity index (χ1v) is 8.51. The van der Waals surface area contributed by atoms with Crippen LogP contribution in [0.3, 0.4) is 0 Å². The van der Waals surface area contributed by atoms with E-state index in [2.05, 4.69) is 36.1 Å². The number of hydrogen-bond acceptors (Lipinski definition) is 5. The number of H-pyrrole nitrogens is 1. The maximum Gasteiger partial charge on any atom is 0.263 e. The predicted octanol–water partition coefficient (Wildman–Crippen LogP) is 2.52. The van der Waals surface area contributed by atoms with Crippen LogP contribution in [0.15, 0.2) is 15.3 Å². The first kappa shape index (κ1) is 18.5. The van der Waals surface area contributed by atoms with Crippen LogP contribution in [0.1, 0.15) is 0 Å². The smallest absolute Gasteiger partial charge is 0.263 e. The van der Waals surface area contributed by atoms with Crippen molar-refractivity contribution in [2.45, 2.75) is 0 Å². The molecule has 2 aromatic rings. The summed E-state index contributed by atoms with van der Waals surface area (Å²) in [6.45, 7) is 2.79. The van der Waals surface area contributed by atoms with Crippen LogP contribution in [-0.2, 0) is 0 Å². The standard InChI is InChI=1S/C14H17BrCl2N4O2/c1-21(2)5-3-18-4-6-23-12-10-9(7-8(15)11(12)16)19-14(17)20-13(10)22/h7,18H,3-6H2,1-2H3,(H,19,20,22). The van der Waals surface area contributed by atoms with Crippen LogP contribution in [0.5, 0.6) is 5.75 Å². The number of fused-ring (bicyclic) bond motifs is 1. The fourth-order valence-corrected chi connectivity index (χ4v) is 2.75. The Kier molecular flexibility index (Phi) is 6.67. The van der Waals surface area contributed by atoms with Crippen molar-refractivity contribution in [2.24, 2.45) is 0 Å². The minimum atomic E-state index is -0.384. The SMILES string of the molecule is CN(C)CCNCCOc1c(Cl)c(Br)cc2nc(Cl)[nH]c(=O)c12. The summed E-state index contributed by atoms with van der Waals surface area (Å²) in [5.74, 6) is 0.302. The lowest BCUT2D eigenvalue weighted by atomic mass is 10.2. The normalized spacial score (nSPS) is 11.4. The third-order valence-corrected chi connectivity index (χ3v) is 4.49. The van der Waals surface area contributed by atoms with Crippen molar-refractivity contribution in [1.29, 1.82) is 0 Å². The molecule has 0 saturated carbocycles. The zero-order valence-electron chi connectivity index (χ0n) is 12.8. The predicted molar refractivity (Wildman–Crippen MR) is 97.0 cm³/mol. The lowest BCUT2D eigenvalue weighted by Crippen LogP contribution is -2.29. The molecule has 9 heteroatoms. The average molecular weight is 424 g/mol.